The van der Waals surface area contributed by atoms with E-state index in [1.54, 1.807) is 36.4 Å². The minimum Gasteiger partial charge on any atom is -0.481 e. The van der Waals surface area contributed by atoms with E-state index in [2.05, 4.69) is 15.6 Å². The third kappa shape index (κ3) is 3.82. The third-order valence-corrected chi connectivity index (χ3v) is 2.93. The molecule has 0 aliphatic rings. The summed E-state index contributed by atoms with van der Waals surface area (Å²) in [5.41, 5.74) is 1.45. The average molecular weight is 299 g/mol. The lowest BCUT2D eigenvalue weighted by Gasteiger charge is -2.08. The summed E-state index contributed by atoms with van der Waals surface area (Å²) in [6.07, 6.45) is 1.43. The summed E-state index contributed by atoms with van der Waals surface area (Å²) >= 11 is 0. The van der Waals surface area contributed by atoms with Gasteiger partial charge in [-0.15, -0.1) is 0 Å². The molecule has 0 aliphatic heterocycles. The van der Waals surface area contributed by atoms with Gasteiger partial charge in [-0.2, -0.15) is 0 Å². The van der Waals surface area contributed by atoms with E-state index in [9.17, 15) is 9.59 Å². The number of hydrogen-bond donors (Lipinski definition) is 2. The number of amides is 2. The Balaban J connectivity index is 2.10. The zero-order valence-electron chi connectivity index (χ0n) is 12.4. The van der Waals surface area contributed by atoms with Gasteiger partial charge in [-0.25, -0.2) is 4.98 Å². The van der Waals surface area contributed by atoms with E-state index in [1.165, 1.54) is 13.3 Å². The van der Waals surface area contributed by atoms with Crippen molar-refractivity contribution in [3.05, 3.63) is 53.7 Å². The van der Waals surface area contributed by atoms with Crippen molar-refractivity contribution in [2.75, 3.05) is 19.0 Å². The van der Waals surface area contributed by atoms with Crippen LogP contribution in [0.2, 0.25) is 0 Å². The minimum atomic E-state index is -0.303. The van der Waals surface area contributed by atoms with E-state index in [0.29, 0.717) is 29.2 Å². The molecule has 0 radical (unpaired) electrons. The van der Waals surface area contributed by atoms with Gasteiger partial charge in [-0.1, -0.05) is 6.07 Å². The van der Waals surface area contributed by atoms with E-state index >= 15 is 0 Å². The molecule has 0 saturated heterocycles. The first kappa shape index (κ1) is 15.5. The molecular formula is C16H17N3O3. The summed E-state index contributed by atoms with van der Waals surface area (Å²) in [5, 5.41) is 5.44. The van der Waals surface area contributed by atoms with Gasteiger partial charge in [0.05, 0.1) is 12.7 Å². The second-order valence-corrected chi connectivity index (χ2v) is 4.48. The van der Waals surface area contributed by atoms with Crippen molar-refractivity contribution < 1.29 is 14.3 Å². The summed E-state index contributed by atoms with van der Waals surface area (Å²) in [5.74, 6) is -0.0392. The Kier molecular flexibility index (Phi) is 5.08. The van der Waals surface area contributed by atoms with E-state index in [4.69, 9.17) is 4.74 Å². The largest absolute Gasteiger partial charge is 0.481 e. The predicted octanol–water partition coefficient (Wildman–Crippen LogP) is 2.09. The lowest BCUT2D eigenvalue weighted by molar-refractivity contribution is 0.0954. The molecule has 1 heterocycles. The number of carbonyl (C=O) groups is 2. The normalized spacial score (nSPS) is 9.91. The predicted molar refractivity (Wildman–Crippen MR) is 83.2 cm³/mol. The molecule has 22 heavy (non-hydrogen) atoms. The first-order valence-corrected chi connectivity index (χ1v) is 6.83. The van der Waals surface area contributed by atoms with Crippen LogP contribution >= 0.6 is 0 Å². The molecule has 0 aliphatic carbocycles. The number of anilines is 1. The zero-order chi connectivity index (χ0) is 15.9. The summed E-state index contributed by atoms with van der Waals surface area (Å²) in [7, 11) is 1.51. The van der Waals surface area contributed by atoms with Gasteiger partial charge >= 0.3 is 0 Å². The number of carbonyl (C=O) groups excluding carboxylic acids is 2. The van der Waals surface area contributed by atoms with Gasteiger partial charge in [0, 0.05) is 30.1 Å². The molecule has 2 rings (SSSR count). The Morgan fingerprint density at radius 3 is 2.59 bits per heavy atom. The number of rotatable bonds is 5. The third-order valence-electron chi connectivity index (χ3n) is 2.93. The highest BCUT2D eigenvalue weighted by Gasteiger charge is 2.09. The van der Waals surface area contributed by atoms with Crippen LogP contribution in [0.15, 0.2) is 42.6 Å². The number of ether oxygens (including phenoxy) is 1. The fraction of sp³-hybridized carbons (Fsp3) is 0.188. The van der Waals surface area contributed by atoms with Crippen molar-refractivity contribution in [2.24, 2.45) is 0 Å². The topological polar surface area (TPSA) is 80.3 Å². The summed E-state index contributed by atoms with van der Waals surface area (Å²) in [4.78, 5) is 27.9. The molecule has 0 bridgehead atoms. The first-order valence-electron chi connectivity index (χ1n) is 6.83. The Labute approximate surface area is 128 Å². The Hall–Kier alpha value is -2.89. The van der Waals surface area contributed by atoms with Gasteiger partial charge in [0.1, 0.15) is 0 Å². The van der Waals surface area contributed by atoms with E-state index in [1.807, 2.05) is 6.92 Å². The summed E-state index contributed by atoms with van der Waals surface area (Å²) < 4.78 is 4.94. The van der Waals surface area contributed by atoms with Crippen molar-refractivity contribution in [3.63, 3.8) is 0 Å². The Morgan fingerprint density at radius 1 is 1.14 bits per heavy atom. The van der Waals surface area contributed by atoms with Crippen LogP contribution in [0.5, 0.6) is 5.88 Å². The number of nitrogens with zero attached hydrogens (tertiary/aromatic N) is 1. The Bertz CT molecular complexity index is 669. The fourth-order valence-electron chi connectivity index (χ4n) is 1.84. The molecule has 1 aromatic carbocycles. The van der Waals surface area contributed by atoms with Crippen LogP contribution in [-0.4, -0.2) is 30.5 Å². The van der Waals surface area contributed by atoms with Crippen molar-refractivity contribution in [1.29, 1.82) is 0 Å². The molecule has 1 aromatic heterocycles. The molecule has 0 spiro atoms. The SMILES string of the molecule is CCNC(=O)c1cccc(NC(=O)c2ccc(OC)nc2)c1. The van der Waals surface area contributed by atoms with E-state index in [-0.39, 0.29) is 11.8 Å². The van der Waals surface area contributed by atoms with Crippen molar-refractivity contribution in [3.8, 4) is 5.88 Å². The molecule has 2 amide bonds. The van der Waals surface area contributed by atoms with Crippen molar-refractivity contribution in [1.82, 2.24) is 10.3 Å². The van der Waals surface area contributed by atoms with Gasteiger partial charge in [0.25, 0.3) is 11.8 Å². The maximum Gasteiger partial charge on any atom is 0.257 e. The number of benzene rings is 1. The molecule has 0 saturated carbocycles. The average Bonchev–Trinajstić information content (AvgIpc) is 2.55. The van der Waals surface area contributed by atoms with Crippen LogP contribution < -0.4 is 15.4 Å². The number of nitrogens with one attached hydrogen (secondary N) is 2. The van der Waals surface area contributed by atoms with Gasteiger partial charge in [0.2, 0.25) is 5.88 Å². The summed E-state index contributed by atoms with van der Waals surface area (Å²) in [6.45, 7) is 2.40. The van der Waals surface area contributed by atoms with Gasteiger partial charge in [-0.3, -0.25) is 9.59 Å². The number of methoxy groups -OCH3 is 1. The second-order valence-electron chi connectivity index (χ2n) is 4.48. The molecule has 114 valence electrons. The molecule has 6 nitrogen and oxygen atoms in total. The van der Waals surface area contributed by atoms with Crippen LogP contribution in [0.3, 0.4) is 0 Å². The maximum atomic E-state index is 12.1. The van der Waals surface area contributed by atoms with Gasteiger partial charge in [-0.05, 0) is 31.2 Å². The van der Waals surface area contributed by atoms with Crippen LogP contribution in [0, 0.1) is 0 Å². The highest BCUT2D eigenvalue weighted by molar-refractivity contribution is 6.05. The van der Waals surface area contributed by atoms with Crippen LogP contribution in [-0.2, 0) is 0 Å². The number of aromatic nitrogens is 1. The smallest absolute Gasteiger partial charge is 0.257 e. The lowest BCUT2D eigenvalue weighted by Crippen LogP contribution is -2.22. The van der Waals surface area contributed by atoms with E-state index in [0.717, 1.165) is 0 Å². The lowest BCUT2D eigenvalue weighted by atomic mass is 10.1. The maximum absolute atomic E-state index is 12.1. The first-order chi connectivity index (χ1) is 10.6. The van der Waals surface area contributed by atoms with Gasteiger partial charge in [0.15, 0.2) is 0 Å². The minimum absolute atomic E-state index is 0.176. The van der Waals surface area contributed by atoms with Crippen LogP contribution in [0.4, 0.5) is 5.69 Å². The highest BCUT2D eigenvalue weighted by Crippen LogP contribution is 2.13. The molecule has 0 atom stereocenters. The molecule has 6 heteroatoms. The fourth-order valence-corrected chi connectivity index (χ4v) is 1.84. The summed E-state index contributed by atoms with van der Waals surface area (Å²) in [6, 6.07) is 9.98. The molecule has 0 fully saturated rings. The quantitative estimate of drug-likeness (QED) is 0.886. The molecule has 2 N–H and O–H groups in total. The van der Waals surface area contributed by atoms with Crippen LogP contribution in [0.1, 0.15) is 27.6 Å². The molecule has 0 unspecified atom stereocenters. The standard InChI is InChI=1S/C16H17N3O3/c1-3-17-15(20)11-5-4-6-13(9-11)19-16(21)12-7-8-14(22-2)18-10-12/h4-10H,3H2,1-2H3,(H,17,20)(H,19,21). The monoisotopic (exact) mass is 299 g/mol. The zero-order valence-corrected chi connectivity index (χ0v) is 12.4. The van der Waals surface area contributed by atoms with Crippen LogP contribution in [0.25, 0.3) is 0 Å². The van der Waals surface area contributed by atoms with Crippen molar-refractivity contribution in [2.45, 2.75) is 6.92 Å². The molecule has 2 aromatic rings. The van der Waals surface area contributed by atoms with Crippen molar-refractivity contribution >= 4 is 17.5 Å². The highest BCUT2D eigenvalue weighted by atomic mass is 16.5. The van der Waals surface area contributed by atoms with Gasteiger partial charge < -0.3 is 15.4 Å². The number of pyridine rings is 1. The Morgan fingerprint density at radius 2 is 1.95 bits per heavy atom. The second kappa shape index (κ2) is 7.21. The number of hydrogen-bond acceptors (Lipinski definition) is 4. The molecular weight excluding hydrogens is 282 g/mol. The van der Waals surface area contributed by atoms with E-state index < -0.39 is 0 Å².